The lowest BCUT2D eigenvalue weighted by Gasteiger charge is -2.19. The zero-order valence-electron chi connectivity index (χ0n) is 21.6. The number of nitrogens with zero attached hydrogens (tertiary/aromatic N) is 3. The third kappa shape index (κ3) is 5.53. The van der Waals surface area contributed by atoms with Crippen LogP contribution in [0.2, 0.25) is 0 Å². The fourth-order valence-corrected chi connectivity index (χ4v) is 4.50. The van der Waals surface area contributed by atoms with Gasteiger partial charge in [0.1, 0.15) is 29.2 Å². The van der Waals surface area contributed by atoms with Gasteiger partial charge in [-0.05, 0) is 61.0 Å². The van der Waals surface area contributed by atoms with Crippen molar-refractivity contribution >= 4 is 22.8 Å². The standard InChI is InChI=1S/C32H23FN6O2/c33-23-10-16-26(17-11-23)39-18-4-7-27(32(39)41)31(40)38-25-14-12-24(13-15-25)37-30-28-22(19-34-29(28)35-20-36-30)9-8-21-5-2-1-3-6-21/h1-7,10-12,14-20,24H,13H2,(H,38,40)(H2,34,35,36,37). The number of hydrogen-bond acceptors (Lipinski definition) is 5. The Morgan fingerprint density at radius 3 is 2.63 bits per heavy atom. The Labute approximate surface area is 234 Å². The van der Waals surface area contributed by atoms with E-state index >= 15 is 0 Å². The first-order valence-corrected chi connectivity index (χ1v) is 12.9. The number of rotatable bonds is 5. The fourth-order valence-electron chi connectivity index (χ4n) is 4.50. The number of aromatic nitrogens is 4. The molecule has 1 aliphatic carbocycles. The minimum atomic E-state index is -0.528. The maximum absolute atomic E-state index is 13.3. The van der Waals surface area contributed by atoms with Gasteiger partial charge in [0, 0.05) is 35.4 Å². The van der Waals surface area contributed by atoms with Crippen molar-refractivity contribution in [1.29, 1.82) is 0 Å². The van der Waals surface area contributed by atoms with Crippen LogP contribution in [0.15, 0.2) is 114 Å². The van der Waals surface area contributed by atoms with Gasteiger partial charge in [0.05, 0.1) is 10.9 Å². The van der Waals surface area contributed by atoms with Crippen molar-refractivity contribution in [2.24, 2.45) is 0 Å². The lowest BCUT2D eigenvalue weighted by molar-refractivity contribution is 0.0965. The number of nitrogens with one attached hydrogen (secondary N) is 3. The van der Waals surface area contributed by atoms with E-state index in [1.807, 2.05) is 48.7 Å². The number of pyridine rings is 1. The molecule has 1 unspecified atom stereocenters. The van der Waals surface area contributed by atoms with Gasteiger partial charge in [-0.3, -0.25) is 14.2 Å². The van der Waals surface area contributed by atoms with Gasteiger partial charge in [0.15, 0.2) is 0 Å². The molecule has 1 amide bonds. The Hall–Kier alpha value is -5.75. The molecule has 0 aliphatic heterocycles. The Bertz CT molecular complexity index is 1930. The van der Waals surface area contributed by atoms with Gasteiger partial charge >= 0.3 is 0 Å². The van der Waals surface area contributed by atoms with Gasteiger partial charge in [-0.1, -0.05) is 42.2 Å². The number of carbonyl (C=O) groups excluding carboxylic acids is 1. The number of benzene rings is 2. The molecule has 5 aromatic rings. The monoisotopic (exact) mass is 542 g/mol. The third-order valence-corrected chi connectivity index (χ3v) is 6.56. The maximum atomic E-state index is 13.3. The Morgan fingerprint density at radius 2 is 1.85 bits per heavy atom. The van der Waals surface area contributed by atoms with E-state index < -0.39 is 17.3 Å². The summed E-state index contributed by atoms with van der Waals surface area (Å²) in [6.45, 7) is 0. The summed E-state index contributed by atoms with van der Waals surface area (Å²) >= 11 is 0. The summed E-state index contributed by atoms with van der Waals surface area (Å²) in [6, 6.07) is 18.2. The van der Waals surface area contributed by atoms with Crippen molar-refractivity contribution in [1.82, 2.24) is 24.8 Å². The fraction of sp³-hybridized carbons (Fsp3) is 0.0625. The van der Waals surface area contributed by atoms with Crippen LogP contribution >= 0.6 is 0 Å². The highest BCUT2D eigenvalue weighted by Crippen LogP contribution is 2.25. The number of fused-ring (bicyclic) bond motifs is 1. The molecular formula is C32H23FN6O2. The molecule has 0 saturated carbocycles. The second-order valence-electron chi connectivity index (χ2n) is 9.30. The van der Waals surface area contributed by atoms with Crippen LogP contribution in [-0.4, -0.2) is 31.5 Å². The lowest BCUT2D eigenvalue weighted by atomic mass is 10.1. The zero-order valence-corrected chi connectivity index (χ0v) is 21.6. The van der Waals surface area contributed by atoms with Crippen LogP contribution in [0.3, 0.4) is 0 Å². The average Bonchev–Trinajstić information content (AvgIpc) is 3.42. The molecule has 1 atom stereocenters. The van der Waals surface area contributed by atoms with Crippen LogP contribution in [0.1, 0.15) is 27.9 Å². The highest BCUT2D eigenvalue weighted by molar-refractivity contribution is 5.95. The van der Waals surface area contributed by atoms with E-state index in [0.717, 1.165) is 16.5 Å². The average molecular weight is 543 g/mol. The van der Waals surface area contributed by atoms with Crippen LogP contribution in [0, 0.1) is 17.7 Å². The zero-order chi connectivity index (χ0) is 28.2. The van der Waals surface area contributed by atoms with Crippen molar-refractivity contribution in [3.8, 4) is 17.5 Å². The first-order chi connectivity index (χ1) is 20.0. The molecule has 200 valence electrons. The summed E-state index contributed by atoms with van der Waals surface area (Å²) in [5.74, 6) is 6.09. The Morgan fingerprint density at radius 1 is 1.02 bits per heavy atom. The van der Waals surface area contributed by atoms with Crippen LogP contribution in [-0.2, 0) is 0 Å². The van der Waals surface area contributed by atoms with Crippen LogP contribution in [0.4, 0.5) is 10.2 Å². The first-order valence-electron chi connectivity index (χ1n) is 12.9. The van der Waals surface area contributed by atoms with Gasteiger partial charge < -0.3 is 15.6 Å². The molecule has 0 saturated heterocycles. The second kappa shape index (κ2) is 11.2. The van der Waals surface area contributed by atoms with E-state index in [-0.39, 0.29) is 11.6 Å². The smallest absolute Gasteiger partial charge is 0.267 e. The van der Waals surface area contributed by atoms with Gasteiger partial charge in [-0.2, -0.15) is 0 Å². The summed E-state index contributed by atoms with van der Waals surface area (Å²) in [4.78, 5) is 37.9. The highest BCUT2D eigenvalue weighted by Gasteiger charge is 2.17. The molecule has 3 heterocycles. The van der Waals surface area contributed by atoms with Crippen LogP contribution in [0.25, 0.3) is 16.7 Å². The summed E-state index contributed by atoms with van der Waals surface area (Å²) in [5.41, 5.74) is 2.89. The van der Waals surface area contributed by atoms with Crippen molar-refractivity contribution in [2.45, 2.75) is 12.5 Å². The molecule has 0 spiro atoms. The third-order valence-electron chi connectivity index (χ3n) is 6.56. The normalized spacial score (nSPS) is 14.2. The SMILES string of the molecule is O=C(NC1=CCC(Nc2ncnc3[nH]cc(C#Cc4ccccc4)c23)C=C1)c1cccn(-c2ccc(F)cc2)c1=O. The molecule has 3 N–H and O–H groups in total. The van der Waals surface area contributed by atoms with E-state index in [9.17, 15) is 14.0 Å². The Balaban J connectivity index is 1.15. The number of aromatic amines is 1. The van der Waals surface area contributed by atoms with Crippen LogP contribution in [0.5, 0.6) is 0 Å². The van der Waals surface area contributed by atoms with Crippen LogP contribution < -0.4 is 16.2 Å². The molecule has 0 fully saturated rings. The Kier molecular flexibility index (Phi) is 6.95. The van der Waals surface area contributed by atoms with E-state index in [1.54, 1.807) is 12.1 Å². The predicted molar refractivity (Wildman–Crippen MR) is 155 cm³/mol. The second-order valence-corrected chi connectivity index (χ2v) is 9.30. The largest absolute Gasteiger partial charge is 0.363 e. The van der Waals surface area contributed by atoms with E-state index in [2.05, 4.69) is 37.4 Å². The highest BCUT2D eigenvalue weighted by atomic mass is 19.1. The molecular weight excluding hydrogens is 519 g/mol. The number of carbonyl (C=O) groups is 1. The van der Waals surface area contributed by atoms with Gasteiger partial charge in [-0.25, -0.2) is 14.4 Å². The molecule has 0 bridgehead atoms. The van der Waals surface area contributed by atoms with Gasteiger partial charge in [0.2, 0.25) is 0 Å². The summed E-state index contributed by atoms with van der Waals surface area (Å²) in [5, 5.41) is 7.03. The molecule has 0 radical (unpaired) electrons. The summed E-state index contributed by atoms with van der Waals surface area (Å²) in [7, 11) is 0. The lowest BCUT2D eigenvalue weighted by Crippen LogP contribution is -2.32. The van der Waals surface area contributed by atoms with Crippen molar-refractivity contribution < 1.29 is 9.18 Å². The minimum Gasteiger partial charge on any atom is -0.363 e. The molecule has 6 rings (SSSR count). The van der Waals surface area contributed by atoms with Gasteiger partial charge in [-0.15, -0.1) is 0 Å². The first kappa shape index (κ1) is 25.5. The molecule has 1 aliphatic rings. The number of allylic oxidation sites excluding steroid dienone is 1. The number of amides is 1. The summed E-state index contributed by atoms with van der Waals surface area (Å²) < 4.78 is 14.6. The molecule has 8 nitrogen and oxygen atoms in total. The van der Waals surface area contributed by atoms with Crippen molar-refractivity contribution in [3.05, 3.63) is 142 Å². The van der Waals surface area contributed by atoms with E-state index in [0.29, 0.717) is 29.3 Å². The number of anilines is 1. The van der Waals surface area contributed by atoms with Crippen molar-refractivity contribution in [2.75, 3.05) is 5.32 Å². The van der Waals surface area contributed by atoms with E-state index in [4.69, 9.17) is 0 Å². The molecule has 9 heteroatoms. The molecule has 3 aromatic heterocycles. The van der Waals surface area contributed by atoms with E-state index in [1.165, 1.54) is 47.4 Å². The quantitative estimate of drug-likeness (QED) is 0.279. The van der Waals surface area contributed by atoms with Crippen molar-refractivity contribution in [3.63, 3.8) is 0 Å². The van der Waals surface area contributed by atoms with Gasteiger partial charge in [0.25, 0.3) is 11.5 Å². The number of halogens is 1. The summed E-state index contributed by atoms with van der Waals surface area (Å²) in [6.07, 6.45) is 11.0. The topological polar surface area (TPSA) is 105 Å². The predicted octanol–water partition coefficient (Wildman–Crippen LogP) is 4.70. The number of hydrogen-bond donors (Lipinski definition) is 3. The number of H-pyrrole nitrogens is 1. The molecule has 41 heavy (non-hydrogen) atoms. The molecule has 2 aromatic carbocycles. The maximum Gasteiger partial charge on any atom is 0.267 e. The minimum absolute atomic E-state index is 0.0219.